The molecule has 0 spiro atoms. The highest BCUT2D eigenvalue weighted by Gasteiger charge is 2.08. The summed E-state index contributed by atoms with van der Waals surface area (Å²) in [5.74, 6) is 0.535. The lowest BCUT2D eigenvalue weighted by Crippen LogP contribution is -2.03. The second-order valence-electron chi connectivity index (χ2n) is 2.24. The van der Waals surface area contributed by atoms with Gasteiger partial charge in [-0.1, -0.05) is 6.08 Å². The van der Waals surface area contributed by atoms with Crippen molar-refractivity contribution in [1.29, 1.82) is 0 Å². The lowest BCUT2D eigenvalue weighted by atomic mass is 9.98. The standard InChI is InChI=1S/C8H11N/c1-2-4-8-5-3-6-9-7-8/h2,6,8H,1,3-5H2. The Kier molecular flexibility index (Phi) is 2.49. The molecule has 0 aromatic rings. The first-order valence-corrected chi connectivity index (χ1v) is 3.31. The van der Waals surface area contributed by atoms with Gasteiger partial charge in [0, 0.05) is 0 Å². The molecule has 1 aliphatic rings. The maximum atomic E-state index is 3.95. The van der Waals surface area contributed by atoms with Gasteiger partial charge in [0.05, 0.1) is 0 Å². The summed E-state index contributed by atoms with van der Waals surface area (Å²) >= 11 is 0. The molecule has 0 fully saturated rings. The van der Waals surface area contributed by atoms with Crippen LogP contribution in [0.3, 0.4) is 0 Å². The number of rotatable bonds is 2. The third-order valence-corrected chi connectivity index (χ3v) is 1.44. The maximum Gasteiger partial charge on any atom is 0.119 e. The third-order valence-electron chi connectivity index (χ3n) is 1.44. The van der Waals surface area contributed by atoms with E-state index in [4.69, 9.17) is 0 Å². The van der Waals surface area contributed by atoms with Crippen LogP contribution in [0.4, 0.5) is 0 Å². The summed E-state index contributed by atoms with van der Waals surface area (Å²) in [6.45, 7) is 6.68. The number of nitrogens with zero attached hydrogens (tertiary/aromatic N) is 1. The van der Waals surface area contributed by atoms with Gasteiger partial charge in [-0.15, -0.1) is 6.58 Å². The summed E-state index contributed by atoms with van der Waals surface area (Å²) in [5.41, 5.74) is 0. The van der Waals surface area contributed by atoms with Gasteiger partial charge in [-0.05, 0) is 31.4 Å². The van der Waals surface area contributed by atoms with Crippen molar-refractivity contribution >= 4 is 6.21 Å². The quantitative estimate of drug-likeness (QED) is 0.496. The van der Waals surface area contributed by atoms with Crippen LogP contribution in [0.1, 0.15) is 19.3 Å². The fraction of sp³-hybridized carbons (Fsp3) is 0.500. The van der Waals surface area contributed by atoms with Crippen molar-refractivity contribution in [1.82, 2.24) is 0 Å². The summed E-state index contributed by atoms with van der Waals surface area (Å²) in [6, 6.07) is 0. The number of hydrogen-bond donors (Lipinski definition) is 0. The van der Waals surface area contributed by atoms with Crippen molar-refractivity contribution in [3.8, 4) is 0 Å². The highest BCUT2D eigenvalue weighted by atomic mass is 14.7. The molecule has 0 aromatic carbocycles. The lowest BCUT2D eigenvalue weighted by Gasteiger charge is -2.12. The molecule has 1 heterocycles. The van der Waals surface area contributed by atoms with Crippen LogP contribution in [0.2, 0.25) is 0 Å². The first-order valence-electron chi connectivity index (χ1n) is 3.31. The Morgan fingerprint density at radius 2 is 2.78 bits per heavy atom. The Morgan fingerprint density at radius 1 is 1.89 bits per heavy atom. The van der Waals surface area contributed by atoms with Crippen molar-refractivity contribution in [3.63, 3.8) is 0 Å². The molecular weight excluding hydrogens is 110 g/mol. The van der Waals surface area contributed by atoms with Gasteiger partial charge in [0.2, 0.25) is 0 Å². The van der Waals surface area contributed by atoms with E-state index in [1.54, 1.807) is 0 Å². The molecular formula is C8H11N. The molecule has 0 saturated carbocycles. The summed E-state index contributed by atoms with van der Waals surface area (Å²) in [6.07, 6.45) is 7.16. The van der Waals surface area contributed by atoms with Gasteiger partial charge in [-0.3, -0.25) is 4.99 Å². The van der Waals surface area contributed by atoms with E-state index in [1.807, 2.05) is 12.3 Å². The van der Waals surface area contributed by atoms with Gasteiger partial charge >= 0.3 is 0 Å². The van der Waals surface area contributed by atoms with E-state index in [9.17, 15) is 0 Å². The van der Waals surface area contributed by atoms with Crippen LogP contribution in [0.15, 0.2) is 17.6 Å². The van der Waals surface area contributed by atoms with Crippen molar-refractivity contribution in [2.24, 2.45) is 10.9 Å². The van der Waals surface area contributed by atoms with E-state index in [0.717, 1.165) is 12.8 Å². The van der Waals surface area contributed by atoms with Crippen LogP contribution in [0, 0.1) is 12.5 Å². The molecule has 48 valence electrons. The van der Waals surface area contributed by atoms with Crippen LogP contribution >= 0.6 is 0 Å². The van der Waals surface area contributed by atoms with Crippen molar-refractivity contribution in [2.45, 2.75) is 19.3 Å². The summed E-state index contributed by atoms with van der Waals surface area (Å²) in [7, 11) is 0. The molecule has 1 unspecified atom stereocenters. The molecule has 1 aliphatic heterocycles. The van der Waals surface area contributed by atoms with Crippen molar-refractivity contribution in [2.75, 3.05) is 0 Å². The molecule has 2 radical (unpaired) electrons. The minimum Gasteiger partial charge on any atom is -0.285 e. The SMILES string of the molecule is C=CCC1[C]N=CCC1. The fourth-order valence-electron chi connectivity index (χ4n) is 0.935. The van der Waals surface area contributed by atoms with Gasteiger partial charge in [-0.25, -0.2) is 0 Å². The number of aliphatic imine (C=N–C) groups is 1. The van der Waals surface area contributed by atoms with Crippen LogP contribution < -0.4 is 0 Å². The summed E-state index contributed by atoms with van der Waals surface area (Å²) < 4.78 is 0. The molecule has 0 N–H and O–H groups in total. The van der Waals surface area contributed by atoms with Crippen molar-refractivity contribution < 1.29 is 0 Å². The highest BCUT2D eigenvalue weighted by Crippen LogP contribution is 2.18. The molecule has 0 bridgehead atoms. The molecule has 1 heteroatoms. The predicted molar refractivity (Wildman–Crippen MR) is 39.3 cm³/mol. The molecule has 0 aromatic heterocycles. The molecule has 0 aliphatic carbocycles. The van der Waals surface area contributed by atoms with E-state index in [2.05, 4.69) is 18.1 Å². The Bertz CT molecular complexity index is 116. The number of hydrogen-bond acceptors (Lipinski definition) is 1. The minimum atomic E-state index is 0.535. The largest absolute Gasteiger partial charge is 0.285 e. The van der Waals surface area contributed by atoms with Gasteiger partial charge < -0.3 is 0 Å². The van der Waals surface area contributed by atoms with Crippen molar-refractivity contribution in [3.05, 3.63) is 19.2 Å². The second-order valence-corrected chi connectivity index (χ2v) is 2.24. The van der Waals surface area contributed by atoms with Crippen LogP contribution in [-0.4, -0.2) is 6.21 Å². The van der Waals surface area contributed by atoms with E-state index in [-0.39, 0.29) is 0 Å². The Labute approximate surface area is 56.5 Å². The predicted octanol–water partition coefficient (Wildman–Crippen LogP) is 2.08. The van der Waals surface area contributed by atoms with E-state index in [0.29, 0.717) is 5.92 Å². The zero-order valence-corrected chi connectivity index (χ0v) is 5.51. The average Bonchev–Trinajstić information content (AvgIpc) is 1.91. The second kappa shape index (κ2) is 3.44. The van der Waals surface area contributed by atoms with Crippen LogP contribution in [0.25, 0.3) is 0 Å². The molecule has 0 amide bonds. The molecule has 1 rings (SSSR count). The first kappa shape index (κ1) is 6.53. The Morgan fingerprint density at radius 3 is 3.33 bits per heavy atom. The summed E-state index contributed by atoms with van der Waals surface area (Å²) in [5, 5.41) is 0. The molecule has 9 heavy (non-hydrogen) atoms. The van der Waals surface area contributed by atoms with E-state index < -0.39 is 0 Å². The fourth-order valence-corrected chi connectivity index (χ4v) is 0.935. The number of allylic oxidation sites excluding steroid dienone is 1. The zero-order chi connectivity index (χ0) is 6.53. The van der Waals surface area contributed by atoms with Crippen LogP contribution in [-0.2, 0) is 0 Å². The molecule has 1 atom stereocenters. The summed E-state index contributed by atoms with van der Waals surface area (Å²) in [4.78, 5) is 3.95. The van der Waals surface area contributed by atoms with E-state index >= 15 is 0 Å². The Balaban J connectivity index is 2.26. The Hall–Kier alpha value is -0.590. The van der Waals surface area contributed by atoms with Gasteiger partial charge in [0.15, 0.2) is 0 Å². The van der Waals surface area contributed by atoms with Gasteiger partial charge in [-0.2, -0.15) is 0 Å². The average molecular weight is 121 g/mol. The normalized spacial score (nSPS) is 26.0. The molecule has 0 saturated heterocycles. The van der Waals surface area contributed by atoms with Crippen LogP contribution in [0.5, 0.6) is 0 Å². The third kappa shape index (κ3) is 2.00. The maximum absolute atomic E-state index is 3.95. The monoisotopic (exact) mass is 121 g/mol. The molecule has 1 nitrogen and oxygen atoms in total. The first-order chi connectivity index (χ1) is 4.43. The van der Waals surface area contributed by atoms with E-state index in [1.165, 1.54) is 6.42 Å². The topological polar surface area (TPSA) is 12.4 Å². The smallest absolute Gasteiger partial charge is 0.119 e. The zero-order valence-electron chi connectivity index (χ0n) is 5.51. The van der Waals surface area contributed by atoms with Gasteiger partial charge in [0.1, 0.15) is 6.54 Å². The van der Waals surface area contributed by atoms with Gasteiger partial charge in [0.25, 0.3) is 0 Å². The lowest BCUT2D eigenvalue weighted by molar-refractivity contribution is 0.558. The minimum absolute atomic E-state index is 0.535. The highest BCUT2D eigenvalue weighted by molar-refractivity contribution is 5.58.